The topological polar surface area (TPSA) is 165 Å². The minimum absolute atomic E-state index is 0.0738. The Kier molecular flexibility index (Phi) is 7.25. The van der Waals surface area contributed by atoms with Gasteiger partial charge in [0, 0.05) is 31.1 Å². The average molecular weight is 496 g/mol. The second kappa shape index (κ2) is 10.5. The predicted molar refractivity (Wildman–Crippen MR) is 128 cm³/mol. The van der Waals surface area contributed by atoms with E-state index in [0.717, 1.165) is 0 Å². The molecule has 5 N–H and O–H groups in total. The number of nitrogens with one attached hydrogen (secondary N) is 1. The van der Waals surface area contributed by atoms with Crippen LogP contribution in [0, 0.1) is 12.7 Å². The van der Waals surface area contributed by atoms with Crippen molar-refractivity contribution >= 4 is 17.8 Å². The molecule has 2 atom stereocenters. The first kappa shape index (κ1) is 24.8. The lowest BCUT2D eigenvalue weighted by atomic mass is 9.90. The van der Waals surface area contributed by atoms with Gasteiger partial charge in [0.2, 0.25) is 17.9 Å². The maximum absolute atomic E-state index is 14.3. The van der Waals surface area contributed by atoms with Gasteiger partial charge in [0.25, 0.3) is 0 Å². The molecule has 2 aromatic heterocycles. The first-order valence-electron chi connectivity index (χ1n) is 11.1. The van der Waals surface area contributed by atoms with Crippen LogP contribution in [0.4, 0.5) is 10.3 Å². The number of fused-ring (bicyclic) bond motifs is 1. The number of carboxylic acids is 1. The third kappa shape index (κ3) is 5.18. The number of ether oxygens (including phenoxy) is 1. The van der Waals surface area contributed by atoms with Gasteiger partial charge in [-0.15, -0.1) is 0 Å². The van der Waals surface area contributed by atoms with Crippen molar-refractivity contribution in [3.05, 3.63) is 64.7 Å². The first-order chi connectivity index (χ1) is 17.3. The van der Waals surface area contributed by atoms with Crippen molar-refractivity contribution in [1.29, 1.82) is 0 Å². The lowest BCUT2D eigenvalue weighted by molar-refractivity contribution is -0.151. The Morgan fingerprint density at radius 3 is 2.83 bits per heavy atom. The van der Waals surface area contributed by atoms with Gasteiger partial charge >= 0.3 is 5.97 Å². The highest BCUT2D eigenvalue weighted by Gasteiger charge is 2.31. The van der Waals surface area contributed by atoms with E-state index in [1.807, 2.05) is 0 Å². The molecule has 0 saturated carbocycles. The molecule has 4 rings (SSSR count). The number of amidine groups is 1. The SMILES string of the molecule is COc1cccc(-c2cc(F)ccc2C2Cc3nc(N)nc(C)c3C(=NOC(CCO)C(=O)O)N2)n1. The van der Waals surface area contributed by atoms with Crippen LogP contribution in [0.15, 0.2) is 41.6 Å². The van der Waals surface area contributed by atoms with Gasteiger partial charge in [-0.1, -0.05) is 17.3 Å². The number of anilines is 1. The minimum Gasteiger partial charge on any atom is -0.481 e. The van der Waals surface area contributed by atoms with E-state index in [4.69, 9.17) is 20.4 Å². The van der Waals surface area contributed by atoms with E-state index in [-0.39, 0.29) is 24.8 Å². The number of aliphatic hydroxyl groups is 1. The molecule has 3 aromatic rings. The van der Waals surface area contributed by atoms with E-state index < -0.39 is 23.9 Å². The Morgan fingerprint density at radius 2 is 2.11 bits per heavy atom. The van der Waals surface area contributed by atoms with Crippen LogP contribution in [-0.4, -0.2) is 56.8 Å². The zero-order valence-electron chi connectivity index (χ0n) is 19.6. The van der Waals surface area contributed by atoms with Gasteiger partial charge in [-0.05, 0) is 30.7 Å². The monoisotopic (exact) mass is 496 g/mol. The van der Waals surface area contributed by atoms with Crippen LogP contribution < -0.4 is 15.8 Å². The zero-order valence-corrected chi connectivity index (χ0v) is 19.6. The normalized spacial score (nSPS) is 16.7. The van der Waals surface area contributed by atoms with E-state index in [9.17, 15) is 14.3 Å². The number of benzene rings is 1. The summed E-state index contributed by atoms with van der Waals surface area (Å²) in [5.74, 6) is -1.07. The number of aryl methyl sites for hydroxylation is 1. The van der Waals surface area contributed by atoms with Crippen LogP contribution in [-0.2, 0) is 16.1 Å². The van der Waals surface area contributed by atoms with Gasteiger partial charge in [-0.3, -0.25) is 0 Å². The molecular formula is C24H25FN6O5. The number of pyridine rings is 1. The number of carbonyl (C=O) groups is 1. The van der Waals surface area contributed by atoms with E-state index in [0.29, 0.717) is 46.1 Å². The summed E-state index contributed by atoms with van der Waals surface area (Å²) in [6.45, 7) is 1.33. The molecule has 3 heterocycles. The second-order valence-electron chi connectivity index (χ2n) is 8.07. The summed E-state index contributed by atoms with van der Waals surface area (Å²) >= 11 is 0. The smallest absolute Gasteiger partial charge is 0.347 e. The highest BCUT2D eigenvalue weighted by atomic mass is 19.1. The third-order valence-electron chi connectivity index (χ3n) is 5.66. The van der Waals surface area contributed by atoms with E-state index >= 15 is 0 Å². The summed E-state index contributed by atoms with van der Waals surface area (Å²) in [6.07, 6.45) is -1.15. The fraction of sp³-hybridized carbons (Fsp3) is 0.292. The molecule has 1 aliphatic rings. The first-order valence-corrected chi connectivity index (χ1v) is 11.1. The third-order valence-corrected chi connectivity index (χ3v) is 5.66. The maximum atomic E-state index is 14.3. The van der Waals surface area contributed by atoms with E-state index in [1.165, 1.54) is 19.2 Å². The van der Waals surface area contributed by atoms with Crippen molar-refractivity contribution in [2.24, 2.45) is 5.16 Å². The fourth-order valence-electron chi connectivity index (χ4n) is 4.04. The molecule has 0 aliphatic carbocycles. The van der Waals surface area contributed by atoms with Crippen molar-refractivity contribution in [2.75, 3.05) is 19.5 Å². The largest absolute Gasteiger partial charge is 0.481 e. The molecule has 11 nitrogen and oxygen atoms in total. The number of hydrogen-bond donors (Lipinski definition) is 4. The average Bonchev–Trinajstić information content (AvgIpc) is 2.85. The Balaban J connectivity index is 1.80. The minimum atomic E-state index is -1.36. The van der Waals surface area contributed by atoms with E-state index in [2.05, 4.69) is 25.4 Å². The number of aromatic nitrogens is 3. The Bertz CT molecular complexity index is 1320. The Hall–Kier alpha value is -4.32. The van der Waals surface area contributed by atoms with Gasteiger partial charge in [0.05, 0.1) is 35.8 Å². The van der Waals surface area contributed by atoms with Crippen molar-refractivity contribution in [2.45, 2.75) is 31.9 Å². The van der Waals surface area contributed by atoms with Crippen molar-refractivity contribution in [3.8, 4) is 17.1 Å². The maximum Gasteiger partial charge on any atom is 0.347 e. The number of aliphatic carboxylic acids is 1. The highest BCUT2D eigenvalue weighted by molar-refractivity contribution is 6.01. The van der Waals surface area contributed by atoms with Crippen LogP contribution in [0.5, 0.6) is 5.88 Å². The Labute approximate surface area is 205 Å². The number of aliphatic hydroxyl groups excluding tert-OH is 1. The highest BCUT2D eigenvalue weighted by Crippen LogP contribution is 2.34. The van der Waals surface area contributed by atoms with Crippen LogP contribution in [0.1, 0.15) is 35.0 Å². The summed E-state index contributed by atoms with van der Waals surface area (Å²) in [6, 6.07) is 9.06. The number of nitrogens with two attached hydrogens (primary N) is 1. The molecule has 0 saturated heterocycles. The molecule has 0 fully saturated rings. The quantitative estimate of drug-likeness (QED) is 0.339. The molecule has 0 bridgehead atoms. The second-order valence-corrected chi connectivity index (χ2v) is 8.07. The molecule has 1 aliphatic heterocycles. The summed E-state index contributed by atoms with van der Waals surface area (Å²) in [5, 5.41) is 25.8. The van der Waals surface area contributed by atoms with Crippen LogP contribution >= 0.6 is 0 Å². The molecule has 0 amide bonds. The van der Waals surface area contributed by atoms with Crippen molar-refractivity contribution in [1.82, 2.24) is 20.3 Å². The molecule has 2 unspecified atom stereocenters. The fourth-order valence-corrected chi connectivity index (χ4v) is 4.04. The van der Waals surface area contributed by atoms with Gasteiger partial charge in [0.1, 0.15) is 5.82 Å². The number of nitrogens with zero attached hydrogens (tertiary/aromatic N) is 4. The van der Waals surface area contributed by atoms with Gasteiger partial charge in [0.15, 0.2) is 5.84 Å². The Morgan fingerprint density at radius 1 is 1.31 bits per heavy atom. The van der Waals surface area contributed by atoms with Crippen LogP contribution in [0.25, 0.3) is 11.3 Å². The van der Waals surface area contributed by atoms with Crippen molar-refractivity contribution < 1.29 is 29.0 Å². The number of carboxylic acid groups (broad SMARTS) is 1. The van der Waals surface area contributed by atoms with Gasteiger partial charge in [-0.2, -0.15) is 0 Å². The van der Waals surface area contributed by atoms with Crippen molar-refractivity contribution in [3.63, 3.8) is 0 Å². The lowest BCUT2D eigenvalue weighted by Crippen LogP contribution is -2.39. The van der Waals surface area contributed by atoms with E-state index in [1.54, 1.807) is 31.2 Å². The molecule has 12 heteroatoms. The van der Waals surface area contributed by atoms with Crippen LogP contribution in [0.2, 0.25) is 0 Å². The summed E-state index contributed by atoms with van der Waals surface area (Å²) < 4.78 is 19.5. The molecule has 36 heavy (non-hydrogen) atoms. The number of hydrogen-bond acceptors (Lipinski definition) is 9. The summed E-state index contributed by atoms with van der Waals surface area (Å²) in [7, 11) is 1.49. The number of methoxy groups -OCH3 is 1. The van der Waals surface area contributed by atoms with Gasteiger partial charge < -0.3 is 30.8 Å². The van der Waals surface area contributed by atoms with Gasteiger partial charge in [-0.25, -0.2) is 24.1 Å². The molecular weight excluding hydrogens is 471 g/mol. The molecule has 188 valence electrons. The molecule has 0 spiro atoms. The summed E-state index contributed by atoms with van der Waals surface area (Å²) in [5.41, 5.74) is 9.22. The number of rotatable bonds is 8. The zero-order chi connectivity index (χ0) is 25.8. The number of halogens is 1. The standard InChI is InChI=1S/C24H25FN6O5/c1-12-21-18(30-24(26)27-12)11-17(29-22(21)31-36-19(8-9-32)23(33)34)14-7-6-13(25)10-15(14)16-4-3-5-20(28-16)35-2/h3-7,10,17,19,32H,8-9,11H2,1-2H3,(H,29,31)(H,33,34)(H2,26,27,30). The molecule has 1 aromatic carbocycles. The van der Waals surface area contributed by atoms with Crippen LogP contribution in [0.3, 0.4) is 0 Å². The predicted octanol–water partition coefficient (Wildman–Crippen LogP) is 1.98. The number of nitrogen functional groups attached to an aromatic ring is 1. The number of oxime groups is 1. The lowest BCUT2D eigenvalue weighted by Gasteiger charge is -2.29. The molecule has 0 radical (unpaired) electrons. The summed E-state index contributed by atoms with van der Waals surface area (Å²) in [4.78, 5) is 29.7.